The molecule has 1 saturated carbocycles. The van der Waals surface area contributed by atoms with Gasteiger partial charge in [-0.3, -0.25) is 23.6 Å². The van der Waals surface area contributed by atoms with Gasteiger partial charge in [-0.15, -0.1) is 0 Å². The molecule has 0 aliphatic heterocycles. The Bertz CT molecular complexity index is 967. The molecule has 160 valence electrons. The first-order chi connectivity index (χ1) is 13.9. The van der Waals surface area contributed by atoms with Crippen LogP contribution < -0.4 is 17.0 Å². The van der Waals surface area contributed by atoms with Gasteiger partial charge < -0.3 is 10.3 Å². The third kappa shape index (κ3) is 4.95. The van der Waals surface area contributed by atoms with Crippen molar-refractivity contribution in [1.29, 1.82) is 0 Å². The van der Waals surface area contributed by atoms with Crippen molar-refractivity contribution in [2.75, 3.05) is 19.6 Å². The fraction of sp³-hybridized carbons (Fsp3) is 0.700. The molecule has 0 aromatic carbocycles. The van der Waals surface area contributed by atoms with Gasteiger partial charge in [0.25, 0.3) is 5.56 Å². The number of rotatable bonds is 9. The summed E-state index contributed by atoms with van der Waals surface area (Å²) in [7, 11) is 3.36. The van der Waals surface area contributed by atoms with Crippen molar-refractivity contribution in [3.05, 3.63) is 27.2 Å². The average molecular weight is 405 g/mol. The summed E-state index contributed by atoms with van der Waals surface area (Å²) >= 11 is 0. The maximum atomic E-state index is 12.8. The molecule has 0 bridgehead atoms. The molecule has 2 aromatic heterocycles. The summed E-state index contributed by atoms with van der Waals surface area (Å²) in [5.74, 6) is 0.374. The summed E-state index contributed by atoms with van der Waals surface area (Å²) in [5.41, 5.74) is 5.53. The molecule has 1 amide bonds. The Kier molecular flexibility index (Phi) is 6.89. The molecule has 0 spiro atoms. The van der Waals surface area contributed by atoms with Crippen molar-refractivity contribution in [1.82, 2.24) is 23.6 Å². The number of hydrogen-bond acceptors (Lipinski definition) is 5. The zero-order chi connectivity index (χ0) is 21.0. The van der Waals surface area contributed by atoms with E-state index in [1.54, 1.807) is 18.7 Å². The lowest BCUT2D eigenvalue weighted by molar-refractivity contribution is -0.119. The van der Waals surface area contributed by atoms with Crippen LogP contribution in [0.3, 0.4) is 0 Å². The van der Waals surface area contributed by atoms with Gasteiger partial charge in [-0.1, -0.05) is 32.1 Å². The van der Waals surface area contributed by atoms with E-state index in [4.69, 9.17) is 5.73 Å². The van der Waals surface area contributed by atoms with E-state index in [-0.39, 0.29) is 23.7 Å². The molecule has 29 heavy (non-hydrogen) atoms. The van der Waals surface area contributed by atoms with Gasteiger partial charge in [-0.05, 0) is 25.3 Å². The van der Waals surface area contributed by atoms with E-state index in [0.717, 1.165) is 18.9 Å². The lowest BCUT2D eigenvalue weighted by Crippen LogP contribution is -2.41. The molecule has 2 N–H and O–H groups in total. The largest absolute Gasteiger partial charge is 0.369 e. The minimum Gasteiger partial charge on any atom is -0.369 e. The number of aryl methyl sites for hydroxylation is 2. The molecule has 1 aliphatic carbocycles. The van der Waals surface area contributed by atoms with Crippen LogP contribution in [0.2, 0.25) is 0 Å². The smallest absolute Gasteiger partial charge is 0.332 e. The van der Waals surface area contributed by atoms with Gasteiger partial charge in [0.05, 0.1) is 12.9 Å². The highest BCUT2D eigenvalue weighted by molar-refractivity contribution is 5.75. The number of amides is 1. The summed E-state index contributed by atoms with van der Waals surface area (Å²) < 4.78 is 4.30. The lowest BCUT2D eigenvalue weighted by Gasteiger charge is -2.26. The molecule has 0 unspecified atom stereocenters. The van der Waals surface area contributed by atoms with Crippen molar-refractivity contribution in [2.45, 2.75) is 51.5 Å². The first-order valence-electron chi connectivity index (χ1n) is 10.5. The van der Waals surface area contributed by atoms with E-state index in [1.807, 2.05) is 0 Å². The zero-order valence-corrected chi connectivity index (χ0v) is 17.5. The quantitative estimate of drug-likeness (QED) is 0.658. The van der Waals surface area contributed by atoms with Gasteiger partial charge in [0.1, 0.15) is 0 Å². The Balaban J connectivity index is 1.65. The summed E-state index contributed by atoms with van der Waals surface area (Å²) in [6.07, 6.45) is 9.64. The van der Waals surface area contributed by atoms with E-state index >= 15 is 0 Å². The Morgan fingerprint density at radius 3 is 2.62 bits per heavy atom. The SMILES string of the molecule is Cn1cnc2c1c(=O)n(CCCN(CCC1CCCCC1)CC(N)=O)c(=O)n2C. The van der Waals surface area contributed by atoms with Crippen molar-refractivity contribution in [2.24, 2.45) is 25.7 Å². The Morgan fingerprint density at radius 2 is 1.93 bits per heavy atom. The number of imidazole rings is 1. The molecule has 1 fully saturated rings. The summed E-state index contributed by atoms with van der Waals surface area (Å²) in [6.45, 7) is 1.95. The molecule has 2 heterocycles. The third-order valence-electron chi connectivity index (χ3n) is 6.01. The van der Waals surface area contributed by atoms with Crippen LogP contribution in [0.4, 0.5) is 0 Å². The van der Waals surface area contributed by atoms with Gasteiger partial charge in [-0.25, -0.2) is 9.78 Å². The third-order valence-corrected chi connectivity index (χ3v) is 6.01. The molecule has 3 rings (SSSR count). The topological polar surface area (TPSA) is 108 Å². The molecular formula is C20H32N6O3. The highest BCUT2D eigenvalue weighted by Crippen LogP contribution is 2.26. The minimum atomic E-state index is -0.371. The van der Waals surface area contributed by atoms with E-state index in [9.17, 15) is 14.4 Å². The Morgan fingerprint density at radius 1 is 1.21 bits per heavy atom. The molecular weight excluding hydrogens is 372 g/mol. The number of carbonyl (C=O) groups is 1. The van der Waals surface area contributed by atoms with E-state index in [2.05, 4.69) is 9.88 Å². The Labute approximate surface area is 170 Å². The number of nitrogens with zero attached hydrogens (tertiary/aromatic N) is 5. The van der Waals surface area contributed by atoms with E-state index < -0.39 is 0 Å². The van der Waals surface area contributed by atoms with E-state index in [0.29, 0.717) is 30.7 Å². The highest BCUT2D eigenvalue weighted by atomic mass is 16.2. The fourth-order valence-electron chi connectivity index (χ4n) is 4.38. The predicted molar refractivity (Wildman–Crippen MR) is 112 cm³/mol. The predicted octanol–water partition coefficient (Wildman–Crippen LogP) is 0.582. The molecule has 9 heteroatoms. The molecule has 2 aromatic rings. The van der Waals surface area contributed by atoms with Crippen LogP contribution in [0, 0.1) is 5.92 Å². The Hall–Kier alpha value is -2.42. The van der Waals surface area contributed by atoms with Crippen LogP contribution in [0.25, 0.3) is 11.2 Å². The summed E-state index contributed by atoms with van der Waals surface area (Å²) in [4.78, 5) is 43.0. The zero-order valence-electron chi connectivity index (χ0n) is 17.5. The number of hydrogen-bond donors (Lipinski definition) is 1. The van der Waals surface area contributed by atoms with Crippen LogP contribution >= 0.6 is 0 Å². The molecule has 0 atom stereocenters. The number of carbonyl (C=O) groups excluding carboxylic acids is 1. The van der Waals surface area contributed by atoms with Gasteiger partial charge in [0.15, 0.2) is 11.2 Å². The average Bonchev–Trinajstić information content (AvgIpc) is 3.09. The number of fused-ring (bicyclic) bond motifs is 1. The first kappa shape index (κ1) is 21.3. The van der Waals surface area contributed by atoms with Crippen LogP contribution in [-0.2, 0) is 25.4 Å². The summed E-state index contributed by atoms with van der Waals surface area (Å²) in [6, 6.07) is 0. The standard InChI is InChI=1S/C20H32N6O3/c1-23-14-22-18-17(23)19(28)26(20(29)24(18)2)11-6-10-25(13-16(21)27)12-9-15-7-4-3-5-8-15/h14-15H,3-13H2,1-2H3,(H2,21,27). The van der Waals surface area contributed by atoms with Gasteiger partial charge in [-0.2, -0.15) is 0 Å². The van der Waals surface area contributed by atoms with Crippen molar-refractivity contribution in [3.63, 3.8) is 0 Å². The molecule has 0 saturated heterocycles. The second kappa shape index (κ2) is 9.39. The van der Waals surface area contributed by atoms with Crippen molar-refractivity contribution >= 4 is 17.1 Å². The van der Waals surface area contributed by atoms with E-state index in [1.165, 1.54) is 47.6 Å². The number of nitrogens with two attached hydrogens (primary N) is 1. The first-order valence-corrected chi connectivity index (χ1v) is 10.5. The van der Waals surface area contributed by atoms with Crippen LogP contribution in [-0.4, -0.2) is 49.1 Å². The van der Waals surface area contributed by atoms with Crippen LogP contribution in [0.5, 0.6) is 0 Å². The van der Waals surface area contributed by atoms with Gasteiger partial charge in [0, 0.05) is 27.2 Å². The lowest BCUT2D eigenvalue weighted by atomic mass is 9.87. The number of primary amides is 1. The molecule has 1 aliphatic rings. The maximum absolute atomic E-state index is 12.8. The van der Waals surface area contributed by atoms with Crippen molar-refractivity contribution in [3.8, 4) is 0 Å². The summed E-state index contributed by atoms with van der Waals surface area (Å²) in [5, 5.41) is 0. The maximum Gasteiger partial charge on any atom is 0.332 e. The van der Waals surface area contributed by atoms with Crippen LogP contribution in [0.15, 0.2) is 15.9 Å². The number of aromatic nitrogens is 4. The van der Waals surface area contributed by atoms with Crippen LogP contribution in [0.1, 0.15) is 44.9 Å². The second-order valence-corrected chi connectivity index (χ2v) is 8.21. The normalized spacial score (nSPS) is 15.4. The van der Waals surface area contributed by atoms with Crippen molar-refractivity contribution < 1.29 is 4.79 Å². The van der Waals surface area contributed by atoms with Gasteiger partial charge >= 0.3 is 5.69 Å². The molecule has 0 radical (unpaired) electrons. The highest BCUT2D eigenvalue weighted by Gasteiger charge is 2.17. The minimum absolute atomic E-state index is 0.209. The molecule has 9 nitrogen and oxygen atoms in total. The van der Waals surface area contributed by atoms with Gasteiger partial charge in [0.2, 0.25) is 5.91 Å². The monoisotopic (exact) mass is 404 g/mol. The second-order valence-electron chi connectivity index (χ2n) is 8.21. The fourth-order valence-corrected chi connectivity index (χ4v) is 4.38.